The fraction of sp³-hybridized carbons (Fsp3) is 0.591. The molecule has 1 heterocycles. The number of hydrogen-bond acceptors (Lipinski definition) is 2. The summed E-state index contributed by atoms with van der Waals surface area (Å²) >= 11 is 0. The van der Waals surface area contributed by atoms with E-state index in [0.717, 1.165) is 47.9 Å². The maximum atomic E-state index is 5.17. The second-order valence-electron chi connectivity index (χ2n) is 8.48. The molecule has 24 heavy (non-hydrogen) atoms. The van der Waals surface area contributed by atoms with Gasteiger partial charge >= 0.3 is 0 Å². The van der Waals surface area contributed by atoms with Crippen LogP contribution < -0.4 is 0 Å². The molecule has 0 unspecified atom stereocenters. The van der Waals surface area contributed by atoms with Gasteiger partial charge in [0, 0.05) is 6.54 Å². The molecule has 2 aliphatic rings. The quantitative estimate of drug-likeness (QED) is 0.587. The number of rotatable bonds is 4. The lowest BCUT2D eigenvalue weighted by Crippen LogP contribution is -2.46. The molecule has 2 rings (SSSR count). The Bertz CT molecular complexity index is 590. The molecular weight excluding hydrogens is 292 g/mol. The van der Waals surface area contributed by atoms with Crippen molar-refractivity contribution in [1.29, 1.82) is 0 Å². The maximum absolute atomic E-state index is 5.17. The van der Waals surface area contributed by atoms with Crippen LogP contribution >= 0.6 is 0 Å². The minimum Gasteiger partial charge on any atom is -0.346 e. The van der Waals surface area contributed by atoms with Crippen LogP contribution in [0.2, 0.25) is 0 Å². The Morgan fingerprint density at radius 3 is 2.29 bits per heavy atom. The summed E-state index contributed by atoms with van der Waals surface area (Å²) in [4.78, 5) is 7.57. The van der Waals surface area contributed by atoms with Crippen LogP contribution in [0, 0.1) is 11.3 Å². The van der Waals surface area contributed by atoms with Crippen LogP contribution in [0.5, 0.6) is 0 Å². The van der Waals surface area contributed by atoms with Crippen molar-refractivity contribution >= 4 is 5.71 Å². The van der Waals surface area contributed by atoms with E-state index in [1.54, 1.807) is 0 Å². The Labute approximate surface area is 148 Å². The van der Waals surface area contributed by atoms with Crippen LogP contribution in [0.1, 0.15) is 60.3 Å². The van der Waals surface area contributed by atoms with Gasteiger partial charge in [-0.3, -0.25) is 4.99 Å². The maximum Gasteiger partial charge on any atom is 0.132 e. The Hall–Kier alpha value is -1.57. The van der Waals surface area contributed by atoms with Gasteiger partial charge in [-0.15, -0.1) is 0 Å². The van der Waals surface area contributed by atoms with Gasteiger partial charge in [0.05, 0.1) is 11.4 Å². The summed E-state index contributed by atoms with van der Waals surface area (Å²) in [6.07, 6.45) is 8.71. The third-order valence-corrected chi connectivity index (χ3v) is 5.62. The molecule has 0 N–H and O–H groups in total. The highest BCUT2D eigenvalue weighted by Gasteiger charge is 2.46. The van der Waals surface area contributed by atoms with E-state index in [-0.39, 0.29) is 5.66 Å². The second kappa shape index (κ2) is 6.74. The minimum absolute atomic E-state index is 0.0943. The molecule has 0 aromatic carbocycles. The molecule has 1 spiro atoms. The molecule has 1 aliphatic carbocycles. The number of aliphatic imine (C=N–C) groups is 1. The Kier molecular flexibility index (Phi) is 5.27. The average Bonchev–Trinajstić information content (AvgIpc) is 2.76. The molecule has 0 saturated heterocycles. The first-order valence-electron chi connectivity index (χ1n) is 9.20. The summed E-state index contributed by atoms with van der Waals surface area (Å²) in [5.74, 6) is 0.779. The smallest absolute Gasteiger partial charge is 0.132 e. The van der Waals surface area contributed by atoms with Crippen molar-refractivity contribution in [3.63, 3.8) is 0 Å². The molecule has 1 aliphatic heterocycles. The molecule has 0 amide bonds. The van der Waals surface area contributed by atoms with Crippen LogP contribution in [-0.4, -0.2) is 22.8 Å². The third kappa shape index (κ3) is 3.58. The molecule has 1 saturated carbocycles. The van der Waals surface area contributed by atoms with Crippen LogP contribution in [0.4, 0.5) is 0 Å². The normalized spacial score (nSPS) is 27.9. The van der Waals surface area contributed by atoms with E-state index < -0.39 is 0 Å². The van der Waals surface area contributed by atoms with Gasteiger partial charge in [-0.1, -0.05) is 58.2 Å². The lowest BCUT2D eigenvalue weighted by Gasteiger charge is -2.45. The van der Waals surface area contributed by atoms with Gasteiger partial charge in [0.2, 0.25) is 0 Å². The first-order valence-corrected chi connectivity index (χ1v) is 9.20. The van der Waals surface area contributed by atoms with E-state index in [9.17, 15) is 0 Å². The predicted octanol–water partition coefficient (Wildman–Crippen LogP) is 5.90. The van der Waals surface area contributed by atoms with Gasteiger partial charge in [-0.25, -0.2) is 0 Å². The highest BCUT2D eigenvalue weighted by Crippen LogP contribution is 2.48. The van der Waals surface area contributed by atoms with Crippen LogP contribution in [-0.2, 0) is 0 Å². The second-order valence-corrected chi connectivity index (χ2v) is 8.48. The Morgan fingerprint density at radius 2 is 1.83 bits per heavy atom. The van der Waals surface area contributed by atoms with Gasteiger partial charge in [0.15, 0.2) is 0 Å². The van der Waals surface area contributed by atoms with E-state index in [1.165, 1.54) is 12.8 Å². The van der Waals surface area contributed by atoms with Crippen molar-refractivity contribution in [3.8, 4) is 0 Å². The topological polar surface area (TPSA) is 15.6 Å². The van der Waals surface area contributed by atoms with Crippen molar-refractivity contribution in [3.05, 3.63) is 48.7 Å². The van der Waals surface area contributed by atoms with Crippen LogP contribution in [0.15, 0.2) is 53.7 Å². The zero-order valence-electron chi connectivity index (χ0n) is 16.3. The van der Waals surface area contributed by atoms with Crippen molar-refractivity contribution in [2.24, 2.45) is 16.3 Å². The van der Waals surface area contributed by atoms with Crippen molar-refractivity contribution in [2.75, 3.05) is 6.54 Å². The first-order chi connectivity index (χ1) is 11.1. The number of hydrogen-bond donors (Lipinski definition) is 0. The standard InChI is InChI=1S/C22H34N2/c1-9-24-18(5)20(17(4)11-10-16(2)3)23-22(24)14-12-19(13-15-22)21(6,7)8/h10-11,19H,2,4-5,9,12-15H2,1,3,6-8H3. The monoisotopic (exact) mass is 326 g/mol. The van der Waals surface area contributed by atoms with E-state index in [2.05, 4.69) is 52.3 Å². The molecule has 0 atom stereocenters. The molecule has 1 fully saturated rings. The highest BCUT2D eigenvalue weighted by atomic mass is 15.3. The molecule has 0 aromatic heterocycles. The summed E-state index contributed by atoms with van der Waals surface area (Å²) in [6.45, 7) is 24.7. The van der Waals surface area contributed by atoms with Crippen molar-refractivity contribution in [2.45, 2.75) is 66.0 Å². The fourth-order valence-electron chi connectivity index (χ4n) is 4.10. The Morgan fingerprint density at radius 1 is 1.25 bits per heavy atom. The average molecular weight is 327 g/mol. The zero-order valence-corrected chi connectivity index (χ0v) is 16.3. The molecule has 2 heteroatoms. The summed E-state index contributed by atoms with van der Waals surface area (Å²) in [5.41, 5.74) is 4.26. The van der Waals surface area contributed by atoms with Gasteiger partial charge in [0.25, 0.3) is 0 Å². The van der Waals surface area contributed by atoms with Crippen LogP contribution in [0.25, 0.3) is 0 Å². The fourth-order valence-corrected chi connectivity index (χ4v) is 4.10. The van der Waals surface area contributed by atoms with Gasteiger partial charge in [-0.05, 0) is 56.4 Å². The highest BCUT2D eigenvalue weighted by molar-refractivity contribution is 6.14. The molecule has 0 bridgehead atoms. The zero-order chi connectivity index (χ0) is 18.1. The molecular formula is C22H34N2. The number of nitrogens with zero attached hydrogens (tertiary/aromatic N) is 2. The van der Waals surface area contributed by atoms with Crippen molar-refractivity contribution in [1.82, 2.24) is 4.90 Å². The first kappa shape index (κ1) is 18.8. The summed E-state index contributed by atoms with van der Waals surface area (Å²) in [5, 5.41) is 0. The molecule has 0 aromatic rings. The van der Waals surface area contributed by atoms with Gasteiger partial charge < -0.3 is 4.90 Å². The summed E-state index contributed by atoms with van der Waals surface area (Å²) < 4.78 is 0. The summed E-state index contributed by atoms with van der Waals surface area (Å²) in [6, 6.07) is 0. The predicted molar refractivity (Wildman–Crippen MR) is 106 cm³/mol. The van der Waals surface area contributed by atoms with Crippen molar-refractivity contribution < 1.29 is 0 Å². The molecule has 2 nitrogen and oxygen atoms in total. The minimum atomic E-state index is -0.0943. The largest absolute Gasteiger partial charge is 0.346 e. The lowest BCUT2D eigenvalue weighted by molar-refractivity contribution is 0.0594. The van der Waals surface area contributed by atoms with E-state index in [0.29, 0.717) is 5.41 Å². The molecule has 0 radical (unpaired) electrons. The van der Waals surface area contributed by atoms with Gasteiger partial charge in [-0.2, -0.15) is 0 Å². The van der Waals surface area contributed by atoms with E-state index >= 15 is 0 Å². The third-order valence-electron chi connectivity index (χ3n) is 5.62. The molecule has 132 valence electrons. The van der Waals surface area contributed by atoms with Crippen LogP contribution in [0.3, 0.4) is 0 Å². The lowest BCUT2D eigenvalue weighted by atomic mass is 9.69. The van der Waals surface area contributed by atoms with E-state index in [4.69, 9.17) is 4.99 Å². The number of allylic oxidation sites excluding steroid dienone is 4. The Balaban J connectivity index is 2.25. The van der Waals surface area contributed by atoms with Gasteiger partial charge in [0.1, 0.15) is 5.66 Å². The van der Waals surface area contributed by atoms with E-state index in [1.807, 2.05) is 19.1 Å². The summed E-state index contributed by atoms with van der Waals surface area (Å²) in [7, 11) is 0. The SMILES string of the molecule is C=C(C)C=CC(=C)C1=NC2(CCC(C(C)(C)C)CC2)N(CC)C1=C.